The predicted octanol–water partition coefficient (Wildman–Crippen LogP) is 0.998. The molecule has 1 aromatic rings. The SMILES string of the molecule is CNC(C)Cc1nc(N)c2c(n1)CSCC2. The Hall–Kier alpha value is -0.810. The van der Waals surface area contributed by atoms with Gasteiger partial charge in [-0.1, -0.05) is 0 Å². The van der Waals surface area contributed by atoms with Gasteiger partial charge in [-0.15, -0.1) is 0 Å². The lowest BCUT2D eigenvalue weighted by Gasteiger charge is -2.18. The molecule has 0 bridgehead atoms. The van der Waals surface area contributed by atoms with Gasteiger partial charge in [-0.05, 0) is 26.1 Å². The Labute approximate surface area is 100 Å². The van der Waals surface area contributed by atoms with Gasteiger partial charge in [0, 0.05) is 23.8 Å². The zero-order valence-electron chi connectivity index (χ0n) is 9.79. The smallest absolute Gasteiger partial charge is 0.132 e. The fourth-order valence-corrected chi connectivity index (χ4v) is 2.73. The van der Waals surface area contributed by atoms with Crippen molar-refractivity contribution in [2.75, 3.05) is 18.5 Å². The summed E-state index contributed by atoms with van der Waals surface area (Å²) >= 11 is 1.92. The summed E-state index contributed by atoms with van der Waals surface area (Å²) in [5.74, 6) is 3.65. The highest BCUT2D eigenvalue weighted by molar-refractivity contribution is 7.98. The average Bonchev–Trinajstić information content (AvgIpc) is 2.29. The molecule has 1 unspecified atom stereocenters. The Balaban J connectivity index is 2.24. The monoisotopic (exact) mass is 238 g/mol. The van der Waals surface area contributed by atoms with E-state index in [0.717, 1.165) is 35.9 Å². The zero-order valence-corrected chi connectivity index (χ0v) is 10.6. The van der Waals surface area contributed by atoms with Crippen LogP contribution in [0.4, 0.5) is 5.82 Å². The van der Waals surface area contributed by atoms with E-state index in [0.29, 0.717) is 11.9 Å². The maximum Gasteiger partial charge on any atom is 0.132 e. The van der Waals surface area contributed by atoms with Crippen LogP contribution in [-0.4, -0.2) is 28.8 Å². The Morgan fingerprint density at radius 2 is 2.31 bits per heavy atom. The number of nitrogens with zero attached hydrogens (tertiary/aromatic N) is 2. The van der Waals surface area contributed by atoms with Crippen molar-refractivity contribution in [1.82, 2.24) is 15.3 Å². The third-order valence-electron chi connectivity index (χ3n) is 2.89. The molecule has 4 nitrogen and oxygen atoms in total. The molecule has 0 amide bonds. The Kier molecular flexibility index (Phi) is 3.66. The highest BCUT2D eigenvalue weighted by Crippen LogP contribution is 2.26. The molecule has 1 aromatic heterocycles. The summed E-state index contributed by atoms with van der Waals surface area (Å²) in [5, 5.41) is 3.19. The molecule has 88 valence electrons. The molecule has 1 atom stereocenters. The fraction of sp³-hybridized carbons (Fsp3) is 0.636. The standard InChI is InChI=1S/C11H18N4S/c1-7(13-2)5-10-14-9-6-16-4-3-8(9)11(12)15-10/h7,13H,3-6H2,1-2H3,(H2,12,14,15). The van der Waals surface area contributed by atoms with Gasteiger partial charge >= 0.3 is 0 Å². The van der Waals surface area contributed by atoms with Crippen LogP contribution in [0.3, 0.4) is 0 Å². The summed E-state index contributed by atoms with van der Waals surface area (Å²) in [6.45, 7) is 2.12. The van der Waals surface area contributed by atoms with Crippen molar-refractivity contribution in [2.45, 2.75) is 31.6 Å². The Morgan fingerprint density at radius 3 is 3.06 bits per heavy atom. The summed E-state index contributed by atoms with van der Waals surface area (Å²) in [6.07, 6.45) is 1.84. The molecule has 0 saturated carbocycles. The number of hydrogen-bond donors (Lipinski definition) is 2. The topological polar surface area (TPSA) is 63.8 Å². The van der Waals surface area contributed by atoms with Gasteiger partial charge in [-0.3, -0.25) is 0 Å². The van der Waals surface area contributed by atoms with Crippen LogP contribution in [0, 0.1) is 0 Å². The molecule has 0 radical (unpaired) electrons. The molecule has 0 saturated heterocycles. The molecule has 3 N–H and O–H groups in total. The number of fused-ring (bicyclic) bond motifs is 1. The summed E-state index contributed by atoms with van der Waals surface area (Å²) in [4.78, 5) is 9.00. The predicted molar refractivity (Wildman–Crippen MR) is 68.5 cm³/mol. The number of anilines is 1. The lowest BCUT2D eigenvalue weighted by molar-refractivity contribution is 0.589. The first-order valence-corrected chi connectivity index (χ1v) is 6.75. The highest BCUT2D eigenvalue weighted by atomic mass is 32.2. The minimum atomic E-state index is 0.383. The van der Waals surface area contributed by atoms with Crippen LogP contribution in [0.15, 0.2) is 0 Å². The second-order valence-electron chi connectivity index (χ2n) is 4.15. The summed E-state index contributed by atoms with van der Waals surface area (Å²) < 4.78 is 0. The molecular formula is C11H18N4S. The Morgan fingerprint density at radius 1 is 1.50 bits per heavy atom. The molecule has 2 rings (SSSR count). The summed E-state index contributed by atoms with van der Waals surface area (Å²) in [6, 6.07) is 0.383. The van der Waals surface area contributed by atoms with Gasteiger partial charge in [0.25, 0.3) is 0 Å². The van der Waals surface area contributed by atoms with E-state index in [1.165, 1.54) is 5.56 Å². The number of likely N-dealkylation sites (N-methyl/N-ethyl adjacent to an activating group) is 1. The second kappa shape index (κ2) is 5.01. The van der Waals surface area contributed by atoms with Crippen LogP contribution in [0.1, 0.15) is 24.0 Å². The maximum absolute atomic E-state index is 5.98. The van der Waals surface area contributed by atoms with Crippen molar-refractivity contribution in [1.29, 1.82) is 0 Å². The highest BCUT2D eigenvalue weighted by Gasteiger charge is 2.16. The number of nitrogens with one attached hydrogen (secondary N) is 1. The molecule has 2 heterocycles. The molecule has 0 fully saturated rings. The van der Waals surface area contributed by atoms with E-state index < -0.39 is 0 Å². The van der Waals surface area contributed by atoms with Crippen LogP contribution in [0.25, 0.3) is 0 Å². The fourth-order valence-electron chi connectivity index (χ4n) is 1.80. The van der Waals surface area contributed by atoms with Gasteiger partial charge in [0.15, 0.2) is 0 Å². The van der Waals surface area contributed by atoms with Crippen LogP contribution in [-0.2, 0) is 18.6 Å². The number of aromatic nitrogens is 2. The van der Waals surface area contributed by atoms with Crippen LogP contribution in [0.2, 0.25) is 0 Å². The molecule has 1 aliphatic heterocycles. The maximum atomic E-state index is 5.98. The zero-order chi connectivity index (χ0) is 11.5. The molecule has 0 spiro atoms. The van der Waals surface area contributed by atoms with Gasteiger partial charge < -0.3 is 11.1 Å². The largest absolute Gasteiger partial charge is 0.383 e. The van der Waals surface area contributed by atoms with Crippen molar-refractivity contribution < 1.29 is 0 Å². The van der Waals surface area contributed by atoms with E-state index in [2.05, 4.69) is 22.2 Å². The Bertz CT molecular complexity index is 380. The minimum absolute atomic E-state index is 0.383. The number of nitrogen functional groups attached to an aromatic ring is 1. The van der Waals surface area contributed by atoms with E-state index in [4.69, 9.17) is 5.73 Å². The molecule has 0 aromatic carbocycles. The molecular weight excluding hydrogens is 220 g/mol. The number of hydrogen-bond acceptors (Lipinski definition) is 5. The number of nitrogens with two attached hydrogens (primary N) is 1. The van der Waals surface area contributed by atoms with Crippen molar-refractivity contribution in [3.05, 3.63) is 17.1 Å². The molecule has 5 heteroatoms. The summed E-state index contributed by atoms with van der Waals surface area (Å²) in [5.41, 5.74) is 8.29. The number of thioether (sulfide) groups is 1. The van der Waals surface area contributed by atoms with Crippen molar-refractivity contribution >= 4 is 17.6 Å². The van der Waals surface area contributed by atoms with Gasteiger partial charge in [0.1, 0.15) is 11.6 Å². The lowest BCUT2D eigenvalue weighted by atomic mass is 10.1. The first kappa shape index (κ1) is 11.7. The summed E-state index contributed by atoms with van der Waals surface area (Å²) in [7, 11) is 1.95. The normalized spacial score (nSPS) is 16.9. The first-order valence-electron chi connectivity index (χ1n) is 5.60. The number of rotatable bonds is 3. The van der Waals surface area contributed by atoms with Gasteiger partial charge in [-0.2, -0.15) is 11.8 Å². The van der Waals surface area contributed by atoms with E-state index in [9.17, 15) is 0 Å². The quantitative estimate of drug-likeness (QED) is 0.822. The molecule has 1 aliphatic rings. The van der Waals surface area contributed by atoms with Crippen molar-refractivity contribution in [2.24, 2.45) is 0 Å². The van der Waals surface area contributed by atoms with Crippen LogP contribution >= 0.6 is 11.8 Å². The first-order chi connectivity index (χ1) is 7.70. The lowest BCUT2D eigenvalue weighted by Crippen LogP contribution is -2.25. The van der Waals surface area contributed by atoms with E-state index in [-0.39, 0.29) is 0 Å². The molecule has 16 heavy (non-hydrogen) atoms. The van der Waals surface area contributed by atoms with Gasteiger partial charge in [0.2, 0.25) is 0 Å². The van der Waals surface area contributed by atoms with E-state index >= 15 is 0 Å². The van der Waals surface area contributed by atoms with E-state index in [1.807, 2.05) is 18.8 Å². The third kappa shape index (κ3) is 2.47. The minimum Gasteiger partial charge on any atom is -0.383 e. The molecule has 0 aliphatic carbocycles. The van der Waals surface area contributed by atoms with Crippen molar-refractivity contribution in [3.8, 4) is 0 Å². The van der Waals surface area contributed by atoms with E-state index in [1.54, 1.807) is 0 Å². The van der Waals surface area contributed by atoms with Gasteiger partial charge in [-0.25, -0.2) is 9.97 Å². The second-order valence-corrected chi connectivity index (χ2v) is 5.25. The van der Waals surface area contributed by atoms with Gasteiger partial charge in [0.05, 0.1) is 5.69 Å². The van der Waals surface area contributed by atoms with Crippen LogP contribution < -0.4 is 11.1 Å². The van der Waals surface area contributed by atoms with Crippen molar-refractivity contribution in [3.63, 3.8) is 0 Å². The third-order valence-corrected chi connectivity index (χ3v) is 3.86. The van der Waals surface area contributed by atoms with Crippen LogP contribution in [0.5, 0.6) is 0 Å². The average molecular weight is 238 g/mol.